The van der Waals surface area contributed by atoms with E-state index >= 15 is 0 Å². The molecule has 0 unspecified atom stereocenters. The number of hydrogen-bond acceptors (Lipinski definition) is 1. The van der Waals surface area contributed by atoms with Crippen LogP contribution in [0, 0.1) is 0 Å². The van der Waals surface area contributed by atoms with Crippen molar-refractivity contribution in [3.05, 3.63) is 89.5 Å². The Bertz CT molecular complexity index is 729. The second kappa shape index (κ2) is 6.02. The summed E-state index contributed by atoms with van der Waals surface area (Å²) in [5.74, 6) is 0.0789. The van der Waals surface area contributed by atoms with Gasteiger partial charge in [-0.05, 0) is 29.2 Å². The van der Waals surface area contributed by atoms with Crippen LogP contribution in [0.25, 0.3) is 5.57 Å². The second-order valence-corrected chi connectivity index (χ2v) is 5.65. The molecule has 3 rings (SSSR count). The van der Waals surface area contributed by atoms with E-state index in [1.165, 1.54) is 0 Å². The van der Waals surface area contributed by atoms with Crippen LogP contribution < -0.4 is 0 Å². The first kappa shape index (κ1) is 14.3. The fourth-order valence-electron chi connectivity index (χ4n) is 2.88. The Balaban J connectivity index is 1.80. The summed E-state index contributed by atoms with van der Waals surface area (Å²) in [7, 11) is 0. The molecule has 1 heterocycles. The maximum Gasteiger partial charge on any atom is 0.255 e. The van der Waals surface area contributed by atoms with Crippen molar-refractivity contribution in [2.45, 2.75) is 13.5 Å². The van der Waals surface area contributed by atoms with Crippen molar-refractivity contribution in [3.8, 4) is 0 Å². The molecule has 0 saturated carbocycles. The molecule has 2 heteroatoms. The van der Waals surface area contributed by atoms with Crippen molar-refractivity contribution >= 4 is 11.5 Å². The molecule has 110 valence electrons. The van der Waals surface area contributed by atoms with Crippen LogP contribution in [-0.4, -0.2) is 17.4 Å². The minimum atomic E-state index is 0.0789. The maximum atomic E-state index is 12.7. The molecule has 0 N–H and O–H groups in total. The molecule has 2 aromatic rings. The SMILES string of the molecule is C=C(C1=C(C)CN(Cc2ccccc2)C1=O)c1ccccc1. The first-order valence-corrected chi connectivity index (χ1v) is 7.44. The zero-order chi connectivity index (χ0) is 15.5. The summed E-state index contributed by atoms with van der Waals surface area (Å²) < 4.78 is 0. The Hall–Kier alpha value is -2.61. The van der Waals surface area contributed by atoms with Crippen molar-refractivity contribution in [2.75, 3.05) is 6.54 Å². The third-order valence-corrected chi connectivity index (χ3v) is 4.00. The van der Waals surface area contributed by atoms with Gasteiger partial charge in [-0.3, -0.25) is 4.79 Å². The number of rotatable bonds is 4. The van der Waals surface area contributed by atoms with Gasteiger partial charge in [-0.25, -0.2) is 0 Å². The number of carbonyl (C=O) groups is 1. The largest absolute Gasteiger partial charge is 0.330 e. The third-order valence-electron chi connectivity index (χ3n) is 4.00. The Labute approximate surface area is 131 Å². The molecular weight excluding hydrogens is 270 g/mol. The average Bonchev–Trinajstić information content (AvgIpc) is 2.82. The van der Waals surface area contributed by atoms with E-state index in [1.807, 2.05) is 72.5 Å². The minimum Gasteiger partial charge on any atom is -0.330 e. The summed E-state index contributed by atoms with van der Waals surface area (Å²) in [6.45, 7) is 7.48. The lowest BCUT2D eigenvalue weighted by Gasteiger charge is -2.17. The van der Waals surface area contributed by atoms with E-state index in [0.29, 0.717) is 13.1 Å². The van der Waals surface area contributed by atoms with Crippen LogP contribution in [0.4, 0.5) is 0 Å². The quantitative estimate of drug-likeness (QED) is 0.831. The molecular formula is C20H19NO. The summed E-state index contributed by atoms with van der Waals surface area (Å²) in [4.78, 5) is 14.6. The fourth-order valence-corrected chi connectivity index (χ4v) is 2.88. The van der Waals surface area contributed by atoms with Gasteiger partial charge in [0.1, 0.15) is 0 Å². The fraction of sp³-hybridized carbons (Fsp3) is 0.150. The first-order valence-electron chi connectivity index (χ1n) is 7.44. The molecule has 0 atom stereocenters. The lowest BCUT2D eigenvalue weighted by Crippen LogP contribution is -2.26. The van der Waals surface area contributed by atoms with Crippen LogP contribution in [0.3, 0.4) is 0 Å². The van der Waals surface area contributed by atoms with Gasteiger partial charge in [-0.15, -0.1) is 0 Å². The highest BCUT2D eigenvalue weighted by Crippen LogP contribution is 2.31. The summed E-state index contributed by atoms with van der Waals surface area (Å²) in [5, 5.41) is 0. The lowest BCUT2D eigenvalue weighted by molar-refractivity contribution is -0.125. The van der Waals surface area contributed by atoms with Gasteiger partial charge in [-0.1, -0.05) is 67.2 Å². The van der Waals surface area contributed by atoms with Gasteiger partial charge in [0, 0.05) is 18.7 Å². The Morgan fingerprint density at radius 2 is 1.64 bits per heavy atom. The van der Waals surface area contributed by atoms with Crippen LogP contribution in [0.5, 0.6) is 0 Å². The van der Waals surface area contributed by atoms with E-state index in [4.69, 9.17) is 0 Å². The highest BCUT2D eigenvalue weighted by atomic mass is 16.2. The third kappa shape index (κ3) is 2.73. The van der Waals surface area contributed by atoms with Crippen LogP contribution in [-0.2, 0) is 11.3 Å². The van der Waals surface area contributed by atoms with E-state index in [1.54, 1.807) is 0 Å². The summed E-state index contributed by atoms with van der Waals surface area (Å²) in [6, 6.07) is 20.0. The number of benzene rings is 2. The van der Waals surface area contributed by atoms with Crippen molar-refractivity contribution in [2.24, 2.45) is 0 Å². The van der Waals surface area contributed by atoms with Crippen molar-refractivity contribution < 1.29 is 4.79 Å². The molecule has 1 aliphatic rings. The van der Waals surface area contributed by atoms with E-state index in [2.05, 4.69) is 6.58 Å². The molecule has 1 aliphatic heterocycles. The second-order valence-electron chi connectivity index (χ2n) is 5.65. The lowest BCUT2D eigenvalue weighted by atomic mass is 9.97. The number of nitrogens with zero attached hydrogens (tertiary/aromatic N) is 1. The number of amides is 1. The smallest absolute Gasteiger partial charge is 0.255 e. The zero-order valence-corrected chi connectivity index (χ0v) is 12.8. The molecule has 0 bridgehead atoms. The molecule has 0 radical (unpaired) electrons. The van der Waals surface area contributed by atoms with Crippen molar-refractivity contribution in [1.82, 2.24) is 4.90 Å². The highest BCUT2D eigenvalue weighted by Gasteiger charge is 2.29. The van der Waals surface area contributed by atoms with E-state index in [9.17, 15) is 4.79 Å². The predicted octanol–water partition coefficient (Wildman–Crippen LogP) is 4.06. The molecule has 0 aromatic heterocycles. The van der Waals surface area contributed by atoms with Crippen LogP contribution >= 0.6 is 0 Å². The number of hydrogen-bond donors (Lipinski definition) is 0. The first-order chi connectivity index (χ1) is 10.7. The topological polar surface area (TPSA) is 20.3 Å². The van der Waals surface area contributed by atoms with Crippen molar-refractivity contribution in [1.29, 1.82) is 0 Å². The Morgan fingerprint density at radius 1 is 1.05 bits per heavy atom. The monoisotopic (exact) mass is 289 g/mol. The predicted molar refractivity (Wildman–Crippen MR) is 90.0 cm³/mol. The van der Waals surface area contributed by atoms with Gasteiger partial charge < -0.3 is 4.90 Å². The van der Waals surface area contributed by atoms with Gasteiger partial charge in [0.15, 0.2) is 0 Å². The summed E-state index contributed by atoms with van der Waals surface area (Å²) >= 11 is 0. The van der Waals surface area contributed by atoms with E-state index < -0.39 is 0 Å². The Morgan fingerprint density at radius 3 is 2.27 bits per heavy atom. The summed E-state index contributed by atoms with van der Waals surface area (Å²) in [6.07, 6.45) is 0. The van der Waals surface area contributed by atoms with Crippen LogP contribution in [0.2, 0.25) is 0 Å². The highest BCUT2D eigenvalue weighted by molar-refractivity contribution is 6.11. The van der Waals surface area contributed by atoms with Gasteiger partial charge in [0.2, 0.25) is 0 Å². The van der Waals surface area contributed by atoms with Crippen LogP contribution in [0.15, 0.2) is 78.4 Å². The molecule has 2 aromatic carbocycles. The molecule has 2 nitrogen and oxygen atoms in total. The zero-order valence-electron chi connectivity index (χ0n) is 12.8. The molecule has 0 spiro atoms. The maximum absolute atomic E-state index is 12.7. The van der Waals surface area contributed by atoms with Gasteiger partial charge in [-0.2, -0.15) is 0 Å². The standard InChI is InChI=1S/C20H19NO/c1-15-13-21(14-17-9-5-3-6-10-17)20(22)19(15)16(2)18-11-7-4-8-12-18/h3-12H,2,13-14H2,1H3. The minimum absolute atomic E-state index is 0.0789. The average molecular weight is 289 g/mol. The normalized spacial score (nSPS) is 14.6. The molecule has 0 aliphatic carbocycles. The Kier molecular flexibility index (Phi) is 3.92. The molecule has 0 fully saturated rings. The van der Waals surface area contributed by atoms with E-state index in [-0.39, 0.29) is 5.91 Å². The van der Waals surface area contributed by atoms with Gasteiger partial charge in [0.25, 0.3) is 5.91 Å². The van der Waals surface area contributed by atoms with Gasteiger partial charge >= 0.3 is 0 Å². The molecule has 22 heavy (non-hydrogen) atoms. The van der Waals surface area contributed by atoms with Crippen molar-refractivity contribution in [3.63, 3.8) is 0 Å². The van der Waals surface area contributed by atoms with Crippen LogP contribution in [0.1, 0.15) is 18.1 Å². The van der Waals surface area contributed by atoms with Gasteiger partial charge in [0.05, 0.1) is 0 Å². The summed E-state index contributed by atoms with van der Waals surface area (Å²) in [5.41, 5.74) is 4.83. The molecule has 1 amide bonds. The molecule has 0 saturated heterocycles. The van der Waals surface area contributed by atoms with E-state index in [0.717, 1.165) is 27.8 Å². The number of carbonyl (C=O) groups excluding carboxylic acids is 1.